The maximum absolute atomic E-state index is 4.68. The van der Waals surface area contributed by atoms with E-state index in [1.54, 1.807) is 0 Å². The Bertz CT molecular complexity index is 457. The number of aryl methyl sites for hydroxylation is 1. The van der Waals surface area contributed by atoms with E-state index in [1.807, 2.05) is 24.0 Å². The third-order valence-electron chi connectivity index (χ3n) is 4.71. The van der Waals surface area contributed by atoms with Gasteiger partial charge in [0.25, 0.3) is 0 Å². The molecular formula is C16H29N5. The summed E-state index contributed by atoms with van der Waals surface area (Å²) >= 11 is 0. The molecule has 1 aliphatic carbocycles. The lowest BCUT2D eigenvalue weighted by molar-refractivity contribution is 0.283. The molecule has 118 valence electrons. The molecule has 0 atom stereocenters. The molecule has 1 saturated carbocycles. The fourth-order valence-electron chi connectivity index (χ4n) is 3.11. The highest BCUT2D eigenvalue weighted by atomic mass is 15.3. The van der Waals surface area contributed by atoms with E-state index in [-0.39, 0.29) is 0 Å². The van der Waals surface area contributed by atoms with Crippen molar-refractivity contribution in [1.82, 2.24) is 20.4 Å². The number of hydrogen-bond acceptors (Lipinski definition) is 2. The summed E-state index contributed by atoms with van der Waals surface area (Å²) in [6, 6.07) is 2.01. The van der Waals surface area contributed by atoms with Gasteiger partial charge in [0.05, 0.1) is 12.2 Å². The molecule has 1 heterocycles. The largest absolute Gasteiger partial charge is 0.357 e. The van der Waals surface area contributed by atoms with Crippen LogP contribution in [0.1, 0.15) is 51.6 Å². The minimum atomic E-state index is 0.475. The Labute approximate surface area is 128 Å². The van der Waals surface area contributed by atoms with Crippen LogP contribution in [0.15, 0.2) is 17.3 Å². The molecule has 0 bridgehead atoms. The van der Waals surface area contributed by atoms with Gasteiger partial charge in [-0.3, -0.25) is 4.68 Å². The molecule has 1 aliphatic rings. The first kappa shape index (κ1) is 15.9. The van der Waals surface area contributed by atoms with E-state index in [1.165, 1.54) is 32.1 Å². The second kappa shape index (κ2) is 7.48. The number of aromatic nitrogens is 2. The molecule has 0 saturated heterocycles. The molecule has 2 rings (SSSR count). The van der Waals surface area contributed by atoms with E-state index in [4.69, 9.17) is 0 Å². The zero-order valence-electron chi connectivity index (χ0n) is 13.7. The smallest absolute Gasteiger partial charge is 0.191 e. The molecule has 0 aliphatic heterocycles. The Kier molecular flexibility index (Phi) is 5.65. The second-order valence-electron chi connectivity index (χ2n) is 6.06. The van der Waals surface area contributed by atoms with Crippen molar-refractivity contribution in [2.24, 2.45) is 17.5 Å². The zero-order chi connectivity index (χ0) is 15.1. The van der Waals surface area contributed by atoms with Gasteiger partial charge in [-0.1, -0.05) is 19.8 Å². The molecule has 2 N–H and O–H groups in total. The molecule has 5 heteroatoms. The summed E-state index contributed by atoms with van der Waals surface area (Å²) in [6.07, 6.45) is 8.50. The van der Waals surface area contributed by atoms with Crippen LogP contribution >= 0.6 is 0 Å². The predicted molar refractivity (Wildman–Crippen MR) is 87.2 cm³/mol. The maximum Gasteiger partial charge on any atom is 0.191 e. The summed E-state index contributed by atoms with van der Waals surface area (Å²) in [7, 11) is 1.95. The Hall–Kier alpha value is -1.52. The van der Waals surface area contributed by atoms with Crippen molar-refractivity contribution in [1.29, 1.82) is 0 Å². The highest BCUT2D eigenvalue weighted by molar-refractivity contribution is 5.79. The Morgan fingerprint density at radius 2 is 2.10 bits per heavy atom. The van der Waals surface area contributed by atoms with E-state index in [0.717, 1.165) is 24.7 Å². The van der Waals surface area contributed by atoms with E-state index < -0.39 is 0 Å². The van der Waals surface area contributed by atoms with E-state index in [9.17, 15) is 0 Å². The van der Waals surface area contributed by atoms with Crippen molar-refractivity contribution in [3.05, 3.63) is 18.0 Å². The van der Waals surface area contributed by atoms with Crippen molar-refractivity contribution < 1.29 is 0 Å². The van der Waals surface area contributed by atoms with Gasteiger partial charge in [0.1, 0.15) is 0 Å². The van der Waals surface area contributed by atoms with Crippen molar-refractivity contribution in [2.45, 2.75) is 52.5 Å². The Morgan fingerprint density at radius 1 is 1.33 bits per heavy atom. The van der Waals surface area contributed by atoms with Crippen LogP contribution in [0.2, 0.25) is 0 Å². The van der Waals surface area contributed by atoms with Gasteiger partial charge in [-0.25, -0.2) is 4.99 Å². The summed E-state index contributed by atoms with van der Waals surface area (Å²) in [5.74, 6) is 0.915. The van der Waals surface area contributed by atoms with Gasteiger partial charge >= 0.3 is 0 Å². The highest BCUT2D eigenvalue weighted by Gasteiger charge is 2.31. The van der Waals surface area contributed by atoms with Crippen LogP contribution in [0.3, 0.4) is 0 Å². The van der Waals surface area contributed by atoms with Gasteiger partial charge in [0, 0.05) is 26.3 Å². The van der Waals surface area contributed by atoms with Crippen molar-refractivity contribution >= 4 is 5.96 Å². The van der Waals surface area contributed by atoms with Gasteiger partial charge < -0.3 is 10.6 Å². The lowest BCUT2D eigenvalue weighted by Crippen LogP contribution is -2.42. The fourth-order valence-corrected chi connectivity index (χ4v) is 3.11. The number of aliphatic imine (C=N–C) groups is 1. The van der Waals surface area contributed by atoms with Gasteiger partial charge in [-0.05, 0) is 37.7 Å². The third-order valence-corrected chi connectivity index (χ3v) is 4.71. The van der Waals surface area contributed by atoms with Gasteiger partial charge in [0.15, 0.2) is 5.96 Å². The molecule has 5 nitrogen and oxygen atoms in total. The average molecular weight is 291 g/mol. The Balaban J connectivity index is 1.93. The molecule has 1 aromatic rings. The maximum atomic E-state index is 4.68. The highest BCUT2D eigenvalue weighted by Crippen LogP contribution is 2.40. The third kappa shape index (κ3) is 4.22. The molecule has 0 unspecified atom stereocenters. The first-order valence-electron chi connectivity index (χ1n) is 8.18. The van der Waals surface area contributed by atoms with E-state index >= 15 is 0 Å². The molecular weight excluding hydrogens is 262 g/mol. The molecule has 1 fully saturated rings. The van der Waals surface area contributed by atoms with Crippen molar-refractivity contribution in [3.63, 3.8) is 0 Å². The number of guanidine groups is 1. The number of nitrogens with zero attached hydrogens (tertiary/aromatic N) is 3. The quantitative estimate of drug-likeness (QED) is 0.625. The predicted octanol–water partition coefficient (Wildman–Crippen LogP) is 2.45. The summed E-state index contributed by atoms with van der Waals surface area (Å²) < 4.78 is 1.87. The number of hydrogen-bond donors (Lipinski definition) is 2. The topological polar surface area (TPSA) is 54.2 Å². The second-order valence-corrected chi connectivity index (χ2v) is 6.06. The summed E-state index contributed by atoms with van der Waals surface area (Å²) in [5, 5.41) is 11.1. The standard InChI is InChI=1S/C16H29N5/c1-4-16(9-6-7-10-16)13-19-15(17-5-2)18-12-14-8-11-20-21(14)3/h8,11H,4-7,9-10,12-13H2,1-3H3,(H2,17,18,19). The van der Waals surface area contributed by atoms with Crippen molar-refractivity contribution in [3.8, 4) is 0 Å². The van der Waals surface area contributed by atoms with Gasteiger partial charge in [-0.15, -0.1) is 0 Å². The minimum absolute atomic E-state index is 0.475. The zero-order valence-corrected chi connectivity index (χ0v) is 13.7. The molecule has 1 aromatic heterocycles. The molecule has 0 aromatic carbocycles. The molecule has 0 amide bonds. The number of nitrogens with one attached hydrogen (secondary N) is 2. The van der Waals surface area contributed by atoms with Crippen LogP contribution in [0, 0.1) is 5.41 Å². The van der Waals surface area contributed by atoms with Crippen LogP contribution in [0.25, 0.3) is 0 Å². The van der Waals surface area contributed by atoms with Crippen LogP contribution in [-0.4, -0.2) is 28.8 Å². The normalized spacial score (nSPS) is 18.0. The molecule has 0 radical (unpaired) electrons. The molecule has 21 heavy (non-hydrogen) atoms. The average Bonchev–Trinajstić information content (AvgIpc) is 3.12. The van der Waals surface area contributed by atoms with Crippen LogP contribution in [-0.2, 0) is 13.6 Å². The first-order chi connectivity index (χ1) is 10.2. The summed E-state index contributed by atoms with van der Waals surface area (Å²) in [5.41, 5.74) is 1.60. The van der Waals surface area contributed by atoms with Crippen molar-refractivity contribution in [2.75, 3.05) is 13.1 Å². The van der Waals surface area contributed by atoms with Gasteiger partial charge in [-0.2, -0.15) is 5.10 Å². The monoisotopic (exact) mass is 291 g/mol. The van der Waals surface area contributed by atoms with Crippen LogP contribution < -0.4 is 10.6 Å². The van der Waals surface area contributed by atoms with Crippen LogP contribution in [0.4, 0.5) is 0 Å². The summed E-state index contributed by atoms with van der Waals surface area (Å²) in [4.78, 5) is 4.68. The lowest BCUT2D eigenvalue weighted by atomic mass is 9.83. The number of rotatable bonds is 6. The molecule has 0 spiro atoms. The van der Waals surface area contributed by atoms with Gasteiger partial charge in [0.2, 0.25) is 0 Å². The minimum Gasteiger partial charge on any atom is -0.357 e. The van der Waals surface area contributed by atoms with E-state index in [2.05, 4.69) is 34.6 Å². The first-order valence-corrected chi connectivity index (χ1v) is 8.18. The fraction of sp³-hybridized carbons (Fsp3) is 0.750. The Morgan fingerprint density at radius 3 is 2.67 bits per heavy atom. The summed E-state index contributed by atoms with van der Waals surface area (Å²) in [6.45, 7) is 6.99. The van der Waals surface area contributed by atoms with E-state index in [0.29, 0.717) is 12.0 Å². The SMILES string of the molecule is CCNC(=NCc1ccnn1C)NCC1(CC)CCCC1. The van der Waals surface area contributed by atoms with Crippen LogP contribution in [0.5, 0.6) is 0 Å². The lowest BCUT2D eigenvalue weighted by Gasteiger charge is -2.28.